The number of aryl methyl sites for hydroxylation is 1. The third kappa shape index (κ3) is 5.30. The number of nitrogens with one attached hydrogen (secondary N) is 2. The zero-order valence-corrected chi connectivity index (χ0v) is 22.6. The van der Waals surface area contributed by atoms with E-state index in [0.717, 1.165) is 49.3 Å². The molecule has 4 heterocycles. The van der Waals surface area contributed by atoms with Gasteiger partial charge in [0.25, 0.3) is 0 Å². The fourth-order valence-electron chi connectivity index (χ4n) is 5.35. The van der Waals surface area contributed by atoms with Crippen LogP contribution in [0.25, 0.3) is 0 Å². The minimum atomic E-state index is -3.61. The maximum absolute atomic E-state index is 13.4. The molecule has 1 aromatic carbocycles. The number of carbonyl (C=O) groups is 1. The molecule has 0 radical (unpaired) electrons. The van der Waals surface area contributed by atoms with Crippen LogP contribution in [0.2, 0.25) is 0 Å². The van der Waals surface area contributed by atoms with Crippen molar-refractivity contribution in [3.05, 3.63) is 47.3 Å². The smallest absolute Gasteiger partial charge is 0.318 e. The Morgan fingerprint density at radius 1 is 1.11 bits per heavy atom. The van der Waals surface area contributed by atoms with Gasteiger partial charge in [0.1, 0.15) is 0 Å². The van der Waals surface area contributed by atoms with Crippen molar-refractivity contribution < 1.29 is 17.9 Å². The van der Waals surface area contributed by atoms with Crippen molar-refractivity contribution >= 4 is 22.0 Å². The molecule has 37 heavy (non-hydrogen) atoms. The average molecular weight is 529 g/mol. The van der Waals surface area contributed by atoms with Gasteiger partial charge in [-0.25, -0.2) is 23.2 Å². The minimum absolute atomic E-state index is 0.221. The Morgan fingerprint density at radius 2 is 1.84 bits per heavy atom. The Labute approximate surface area is 218 Å². The van der Waals surface area contributed by atoms with Gasteiger partial charge in [-0.3, -0.25) is 0 Å². The number of ether oxygens (including phenoxy) is 1. The van der Waals surface area contributed by atoms with E-state index in [2.05, 4.69) is 15.6 Å². The zero-order chi connectivity index (χ0) is 26.2. The number of amides is 2. The second kappa shape index (κ2) is 10.2. The molecule has 5 rings (SSSR count). The van der Waals surface area contributed by atoms with E-state index < -0.39 is 15.6 Å². The molecule has 0 unspecified atom stereocenters. The normalized spacial score (nSPS) is 22.5. The third-order valence-electron chi connectivity index (χ3n) is 7.68. The number of hydrogen-bond acceptors (Lipinski definition) is 7. The van der Waals surface area contributed by atoms with Gasteiger partial charge in [0.15, 0.2) is 0 Å². The van der Waals surface area contributed by atoms with Gasteiger partial charge in [-0.05, 0) is 58.6 Å². The molecule has 2 aromatic rings. The van der Waals surface area contributed by atoms with E-state index in [1.165, 1.54) is 4.31 Å². The Morgan fingerprint density at radius 3 is 2.57 bits per heavy atom. The fourth-order valence-corrected chi connectivity index (χ4v) is 6.88. The number of sulfonamides is 1. The zero-order valence-electron chi connectivity index (χ0n) is 21.7. The predicted molar refractivity (Wildman–Crippen MR) is 140 cm³/mol. The Kier molecular flexibility index (Phi) is 7.12. The number of fused-ring (bicyclic) bond motifs is 1. The van der Waals surface area contributed by atoms with Crippen LogP contribution >= 0.6 is 0 Å². The van der Waals surface area contributed by atoms with Crippen molar-refractivity contribution in [3.63, 3.8) is 0 Å². The first-order chi connectivity index (χ1) is 17.6. The lowest BCUT2D eigenvalue weighted by Gasteiger charge is -2.36. The highest BCUT2D eigenvalue weighted by atomic mass is 32.2. The summed E-state index contributed by atoms with van der Waals surface area (Å²) in [6, 6.07) is 6.68. The molecule has 11 heteroatoms. The number of benzene rings is 1. The van der Waals surface area contributed by atoms with E-state index in [1.54, 1.807) is 29.2 Å². The molecular weight excluding hydrogens is 492 g/mol. The summed E-state index contributed by atoms with van der Waals surface area (Å²) in [5.41, 5.74) is 2.18. The highest BCUT2D eigenvalue weighted by Crippen LogP contribution is 2.38. The number of aromatic nitrogens is 2. The van der Waals surface area contributed by atoms with Crippen molar-refractivity contribution in [2.75, 3.05) is 31.6 Å². The molecule has 1 atom stereocenters. The third-order valence-corrected chi connectivity index (χ3v) is 9.56. The standard InChI is InChI=1S/C26H36N6O4S/c1-18-6-8-21(9-7-18)37(34,35)31-12-4-5-20(16-31)29-25(33)32-17-23-22(26(32,2)3)15-27-24(30-23)28-19-10-13-36-14-11-19/h6-9,15,19-20H,4-5,10-14,16-17H2,1-3H3,(H,29,33)(H,27,28,30)/t20-/m1/s1. The van der Waals surface area contributed by atoms with Crippen LogP contribution in [0.1, 0.15) is 56.4 Å². The Hall–Kier alpha value is -2.76. The van der Waals surface area contributed by atoms with Crippen LogP contribution in [0.3, 0.4) is 0 Å². The SMILES string of the molecule is Cc1ccc(S(=O)(=O)N2CCC[C@@H](NC(=O)N3Cc4nc(NC5CCOCC5)ncc4C3(C)C)C2)cc1. The lowest BCUT2D eigenvalue weighted by atomic mass is 9.97. The largest absolute Gasteiger partial charge is 0.381 e. The number of piperidine rings is 1. The van der Waals surface area contributed by atoms with Crippen molar-refractivity contribution in [3.8, 4) is 0 Å². The lowest BCUT2D eigenvalue weighted by molar-refractivity contribution is 0.0903. The summed E-state index contributed by atoms with van der Waals surface area (Å²) in [6.07, 6.45) is 5.06. The number of urea groups is 1. The quantitative estimate of drug-likeness (QED) is 0.613. The van der Waals surface area contributed by atoms with Gasteiger partial charge < -0.3 is 20.3 Å². The molecule has 0 spiro atoms. The number of hydrogen-bond donors (Lipinski definition) is 2. The van der Waals surface area contributed by atoms with Gasteiger partial charge in [-0.2, -0.15) is 4.31 Å². The van der Waals surface area contributed by atoms with Crippen LogP contribution in [0.4, 0.5) is 10.7 Å². The summed E-state index contributed by atoms with van der Waals surface area (Å²) in [5, 5.41) is 6.50. The lowest BCUT2D eigenvalue weighted by Crippen LogP contribution is -2.54. The molecule has 1 aromatic heterocycles. The Balaban J connectivity index is 1.24. The molecule has 3 aliphatic heterocycles. The predicted octanol–water partition coefficient (Wildman–Crippen LogP) is 2.99. The van der Waals surface area contributed by atoms with Crippen LogP contribution in [-0.4, -0.2) is 72.0 Å². The molecule has 0 saturated carbocycles. The fraction of sp³-hybridized carbons (Fsp3) is 0.577. The van der Waals surface area contributed by atoms with Gasteiger partial charge >= 0.3 is 6.03 Å². The summed E-state index contributed by atoms with van der Waals surface area (Å²) < 4.78 is 33.3. The summed E-state index contributed by atoms with van der Waals surface area (Å²) in [4.78, 5) is 24.7. The van der Waals surface area contributed by atoms with E-state index in [4.69, 9.17) is 9.72 Å². The van der Waals surface area contributed by atoms with Crippen LogP contribution in [-0.2, 0) is 26.8 Å². The molecule has 2 N–H and O–H groups in total. The number of carbonyl (C=O) groups excluding carboxylic acids is 1. The van der Waals surface area contributed by atoms with Crippen LogP contribution in [0.5, 0.6) is 0 Å². The van der Waals surface area contributed by atoms with Gasteiger partial charge in [0.05, 0.1) is 22.7 Å². The molecule has 2 amide bonds. The second-order valence-electron chi connectivity index (χ2n) is 10.7. The van der Waals surface area contributed by atoms with E-state index in [-0.39, 0.29) is 29.6 Å². The molecule has 200 valence electrons. The monoisotopic (exact) mass is 528 g/mol. The highest BCUT2D eigenvalue weighted by molar-refractivity contribution is 7.89. The van der Waals surface area contributed by atoms with Gasteiger partial charge in [-0.1, -0.05) is 17.7 Å². The molecular formula is C26H36N6O4S. The van der Waals surface area contributed by atoms with Crippen molar-refractivity contribution in [1.29, 1.82) is 0 Å². The number of rotatable bonds is 5. The van der Waals surface area contributed by atoms with Gasteiger partial charge in [0.2, 0.25) is 16.0 Å². The molecule has 10 nitrogen and oxygen atoms in total. The minimum Gasteiger partial charge on any atom is -0.381 e. The van der Waals surface area contributed by atoms with E-state index in [1.807, 2.05) is 27.0 Å². The highest BCUT2D eigenvalue weighted by Gasteiger charge is 2.43. The second-order valence-corrected chi connectivity index (χ2v) is 12.6. The topological polar surface area (TPSA) is 117 Å². The van der Waals surface area contributed by atoms with Crippen molar-refractivity contribution in [1.82, 2.24) is 24.5 Å². The first kappa shape index (κ1) is 25.9. The van der Waals surface area contributed by atoms with E-state index in [9.17, 15) is 13.2 Å². The van der Waals surface area contributed by atoms with Crippen LogP contribution in [0, 0.1) is 6.92 Å². The van der Waals surface area contributed by atoms with Crippen molar-refractivity contribution in [2.45, 2.75) is 75.5 Å². The number of anilines is 1. The summed E-state index contributed by atoms with van der Waals surface area (Å²) in [7, 11) is -3.61. The maximum Gasteiger partial charge on any atom is 0.318 e. The molecule has 2 fully saturated rings. The molecule has 0 bridgehead atoms. The average Bonchev–Trinajstić information content (AvgIpc) is 3.15. The molecule has 2 saturated heterocycles. The summed E-state index contributed by atoms with van der Waals surface area (Å²) in [6.45, 7) is 8.44. The number of nitrogens with zero attached hydrogens (tertiary/aromatic N) is 4. The van der Waals surface area contributed by atoms with E-state index >= 15 is 0 Å². The van der Waals surface area contributed by atoms with Crippen LogP contribution < -0.4 is 10.6 Å². The maximum atomic E-state index is 13.4. The van der Waals surface area contributed by atoms with Crippen LogP contribution in [0.15, 0.2) is 35.4 Å². The van der Waals surface area contributed by atoms with Crippen molar-refractivity contribution in [2.24, 2.45) is 0 Å². The molecule has 0 aliphatic carbocycles. The summed E-state index contributed by atoms with van der Waals surface area (Å²) in [5.74, 6) is 0.577. The molecule has 3 aliphatic rings. The first-order valence-electron chi connectivity index (χ1n) is 13.0. The Bertz CT molecular complexity index is 1240. The van der Waals surface area contributed by atoms with Gasteiger partial charge in [0, 0.05) is 50.1 Å². The summed E-state index contributed by atoms with van der Waals surface area (Å²) >= 11 is 0. The van der Waals surface area contributed by atoms with E-state index in [0.29, 0.717) is 25.5 Å². The van der Waals surface area contributed by atoms with Gasteiger partial charge in [-0.15, -0.1) is 0 Å². The first-order valence-corrected chi connectivity index (χ1v) is 14.4.